The first-order valence-electron chi connectivity index (χ1n) is 15.3. The number of sulfonamides is 1. The van der Waals surface area contributed by atoms with E-state index in [0.29, 0.717) is 24.1 Å². The van der Waals surface area contributed by atoms with Crippen molar-refractivity contribution in [1.29, 1.82) is 0 Å². The summed E-state index contributed by atoms with van der Waals surface area (Å²) in [6.45, 7) is 11.2. The molecule has 12 heteroatoms. The van der Waals surface area contributed by atoms with E-state index in [-0.39, 0.29) is 27.6 Å². The molecule has 11 nitrogen and oxygen atoms in total. The molecular weight excluding hydrogens is 588 g/mol. The van der Waals surface area contributed by atoms with Gasteiger partial charge >= 0.3 is 0 Å². The first-order chi connectivity index (χ1) is 21.2. The fourth-order valence-corrected chi connectivity index (χ4v) is 7.31. The zero-order chi connectivity index (χ0) is 32.1. The second-order valence-electron chi connectivity index (χ2n) is 13.7. The Morgan fingerprint density at radius 3 is 2.49 bits per heavy atom. The van der Waals surface area contributed by atoms with Gasteiger partial charge in [0.05, 0.1) is 23.0 Å². The molecule has 4 aromatic heterocycles. The molecule has 1 fully saturated rings. The summed E-state index contributed by atoms with van der Waals surface area (Å²) in [6, 6.07) is 13.9. The fraction of sp³-hybridized carbons (Fsp3) is 0.424. The minimum absolute atomic E-state index is 0.222. The summed E-state index contributed by atoms with van der Waals surface area (Å²) >= 11 is 0. The van der Waals surface area contributed by atoms with Crippen molar-refractivity contribution in [3.05, 3.63) is 77.9 Å². The first kappa shape index (κ1) is 30.7. The van der Waals surface area contributed by atoms with Crippen molar-refractivity contribution in [2.45, 2.75) is 75.9 Å². The Morgan fingerprint density at radius 2 is 1.80 bits per heavy atom. The van der Waals surface area contributed by atoms with Gasteiger partial charge in [-0.15, -0.1) is 0 Å². The Morgan fingerprint density at radius 1 is 1.00 bits per heavy atom. The molecular formula is C33H40N8O3S. The van der Waals surface area contributed by atoms with Gasteiger partial charge in [-0.05, 0) is 81.5 Å². The van der Waals surface area contributed by atoms with E-state index in [9.17, 15) is 13.2 Å². The number of hydrogen-bond donors (Lipinski definition) is 2. The van der Waals surface area contributed by atoms with Gasteiger partial charge in [0, 0.05) is 48.2 Å². The summed E-state index contributed by atoms with van der Waals surface area (Å²) in [5.74, 6) is 0.458. The van der Waals surface area contributed by atoms with Crippen LogP contribution in [0.3, 0.4) is 0 Å². The van der Waals surface area contributed by atoms with E-state index in [1.54, 1.807) is 35.1 Å². The summed E-state index contributed by atoms with van der Waals surface area (Å²) in [5.41, 5.74) is 3.21. The maximum absolute atomic E-state index is 13.7. The highest BCUT2D eigenvalue weighted by molar-refractivity contribution is 7.90. The van der Waals surface area contributed by atoms with Gasteiger partial charge in [-0.3, -0.25) is 14.5 Å². The summed E-state index contributed by atoms with van der Waals surface area (Å²) in [7, 11) is -2.40. The summed E-state index contributed by atoms with van der Waals surface area (Å²) < 4.78 is 31.0. The van der Waals surface area contributed by atoms with Crippen LogP contribution < -0.4 is 14.9 Å². The van der Waals surface area contributed by atoms with E-state index in [1.807, 2.05) is 31.4 Å². The smallest absolute Gasteiger partial charge is 0.281 e. The van der Waals surface area contributed by atoms with Crippen LogP contribution in [0.4, 0.5) is 11.6 Å². The SMILES string of the molecule is Cn1nccc1-c1ccc(C2CC[C@@H]3CN(c4nc(C(C)(C)C)ccc4C(=O)NS(=O)(=O)c4cccc(n4)N2)C(C)(C)C3)nc1. The van der Waals surface area contributed by atoms with E-state index in [1.165, 1.54) is 6.07 Å². The Hall–Kier alpha value is -4.32. The lowest BCUT2D eigenvalue weighted by molar-refractivity contribution is 0.0981. The summed E-state index contributed by atoms with van der Waals surface area (Å²) in [4.78, 5) is 30.1. The second-order valence-corrected chi connectivity index (χ2v) is 15.3. The van der Waals surface area contributed by atoms with Crippen LogP contribution in [0.1, 0.15) is 81.7 Å². The van der Waals surface area contributed by atoms with E-state index < -0.39 is 15.9 Å². The minimum Gasteiger partial charge on any atom is -0.362 e. The number of aryl methyl sites for hydroxylation is 1. The quantitative estimate of drug-likeness (QED) is 0.306. The molecule has 6 rings (SSSR count). The highest BCUT2D eigenvalue weighted by Crippen LogP contribution is 2.41. The summed E-state index contributed by atoms with van der Waals surface area (Å²) in [5, 5.41) is 7.46. The van der Waals surface area contributed by atoms with Gasteiger partial charge in [0.1, 0.15) is 11.6 Å². The molecule has 2 N–H and O–H groups in total. The van der Waals surface area contributed by atoms with Crippen LogP contribution in [-0.4, -0.2) is 51.1 Å². The number of pyridine rings is 3. The van der Waals surface area contributed by atoms with Crippen LogP contribution in [0.15, 0.2) is 66.0 Å². The van der Waals surface area contributed by atoms with Crippen LogP contribution in [-0.2, 0) is 22.5 Å². The van der Waals surface area contributed by atoms with E-state index in [0.717, 1.165) is 41.9 Å². The number of hydrogen-bond acceptors (Lipinski definition) is 9. The van der Waals surface area contributed by atoms with Gasteiger partial charge in [-0.1, -0.05) is 26.8 Å². The van der Waals surface area contributed by atoms with E-state index in [4.69, 9.17) is 9.97 Å². The molecule has 4 aromatic rings. The Balaban J connectivity index is 1.42. The van der Waals surface area contributed by atoms with Crippen LogP contribution in [0, 0.1) is 5.92 Å². The van der Waals surface area contributed by atoms with Gasteiger partial charge in [0.15, 0.2) is 5.03 Å². The van der Waals surface area contributed by atoms with Crippen molar-refractivity contribution in [3.8, 4) is 11.3 Å². The number of fused-ring (bicyclic) bond motifs is 6. The lowest BCUT2D eigenvalue weighted by Gasteiger charge is -2.34. The third-order valence-corrected chi connectivity index (χ3v) is 10.0. The lowest BCUT2D eigenvalue weighted by Crippen LogP contribution is -2.41. The highest BCUT2D eigenvalue weighted by atomic mass is 32.2. The fourth-order valence-electron chi connectivity index (χ4n) is 6.37. The zero-order valence-corrected chi connectivity index (χ0v) is 27.4. The number of aromatic nitrogens is 5. The topological polar surface area (TPSA) is 135 Å². The Kier molecular flexibility index (Phi) is 7.67. The van der Waals surface area contributed by atoms with Crippen molar-refractivity contribution < 1.29 is 13.2 Å². The molecule has 2 aliphatic rings. The van der Waals surface area contributed by atoms with E-state index in [2.05, 4.69) is 59.6 Å². The molecule has 0 saturated carbocycles. The molecule has 0 aromatic carbocycles. The molecule has 0 radical (unpaired) electrons. The standard InChI is InChI=1S/C33H40N8O3S/c1-32(2,3)27-15-12-23-30(37-27)41-20-21(18-33(41,4)5)10-13-25(24-14-11-22(19-34-24)26-16-17-35-40(26)6)36-28-8-7-9-29(38-28)45(43,44)39-31(23)42/h7-9,11-12,14-17,19,21,25H,10,13,18,20H2,1-6H3,(H,36,38)(H,39,42)/t21-,25?/m0/s1. The van der Waals surface area contributed by atoms with Gasteiger partial charge < -0.3 is 10.2 Å². The average molecular weight is 629 g/mol. The van der Waals surface area contributed by atoms with Crippen molar-refractivity contribution >= 4 is 27.6 Å². The molecule has 1 saturated heterocycles. The third-order valence-electron chi connectivity index (χ3n) is 8.78. The van der Waals surface area contributed by atoms with Crippen LogP contribution >= 0.6 is 0 Å². The van der Waals surface area contributed by atoms with Crippen LogP contribution in [0.5, 0.6) is 0 Å². The molecule has 2 atom stereocenters. The second kappa shape index (κ2) is 11.2. The van der Waals surface area contributed by atoms with Gasteiger partial charge in [0.25, 0.3) is 15.9 Å². The number of nitrogens with zero attached hydrogens (tertiary/aromatic N) is 6. The van der Waals surface area contributed by atoms with E-state index >= 15 is 0 Å². The summed E-state index contributed by atoms with van der Waals surface area (Å²) in [6.07, 6.45) is 6.10. The molecule has 6 heterocycles. The molecule has 4 bridgehead atoms. The number of carbonyl (C=O) groups is 1. The van der Waals surface area contributed by atoms with Crippen LogP contribution in [0.25, 0.3) is 11.3 Å². The monoisotopic (exact) mass is 628 g/mol. The predicted octanol–water partition coefficient (Wildman–Crippen LogP) is 5.24. The first-order valence-corrected chi connectivity index (χ1v) is 16.7. The number of nitrogens with one attached hydrogen (secondary N) is 2. The van der Waals surface area contributed by atoms with Gasteiger partial charge in [-0.25, -0.2) is 14.7 Å². The normalized spacial score (nSPS) is 21.2. The molecule has 0 spiro atoms. The average Bonchev–Trinajstić information content (AvgIpc) is 3.55. The maximum atomic E-state index is 13.7. The van der Waals surface area contributed by atoms with Crippen molar-refractivity contribution in [2.24, 2.45) is 13.0 Å². The number of amides is 1. The molecule has 2 aliphatic heterocycles. The van der Waals surface area contributed by atoms with Crippen molar-refractivity contribution in [2.75, 3.05) is 16.8 Å². The van der Waals surface area contributed by atoms with Crippen molar-refractivity contribution in [1.82, 2.24) is 29.5 Å². The number of rotatable bonds is 2. The predicted molar refractivity (Wildman–Crippen MR) is 173 cm³/mol. The number of anilines is 2. The molecule has 1 amide bonds. The maximum Gasteiger partial charge on any atom is 0.281 e. The molecule has 0 aliphatic carbocycles. The molecule has 45 heavy (non-hydrogen) atoms. The van der Waals surface area contributed by atoms with Crippen LogP contribution in [0.2, 0.25) is 0 Å². The number of carbonyl (C=O) groups excluding carboxylic acids is 1. The van der Waals surface area contributed by atoms with Crippen molar-refractivity contribution in [3.63, 3.8) is 0 Å². The largest absolute Gasteiger partial charge is 0.362 e. The molecule has 1 unspecified atom stereocenters. The highest BCUT2D eigenvalue weighted by Gasteiger charge is 2.41. The third kappa shape index (κ3) is 6.15. The lowest BCUT2D eigenvalue weighted by atomic mass is 9.90. The van der Waals surface area contributed by atoms with Gasteiger partial charge in [0.2, 0.25) is 0 Å². The zero-order valence-electron chi connectivity index (χ0n) is 26.6. The Bertz CT molecular complexity index is 1840. The Labute approximate surface area is 264 Å². The minimum atomic E-state index is -4.29. The molecule has 236 valence electrons. The van der Waals surface area contributed by atoms with Gasteiger partial charge in [-0.2, -0.15) is 13.5 Å².